The van der Waals surface area contributed by atoms with E-state index in [1.54, 1.807) is 0 Å². The van der Waals surface area contributed by atoms with Gasteiger partial charge in [-0.15, -0.1) is 35.0 Å². The van der Waals surface area contributed by atoms with Gasteiger partial charge in [0.05, 0.1) is 6.54 Å². The van der Waals surface area contributed by atoms with Crippen LogP contribution in [0.15, 0.2) is 30.3 Å². The van der Waals surface area contributed by atoms with Crippen molar-refractivity contribution in [3.8, 4) is 0 Å². The van der Waals surface area contributed by atoms with E-state index in [0.717, 1.165) is 43.0 Å². The fourth-order valence-corrected chi connectivity index (χ4v) is 2.77. The van der Waals surface area contributed by atoms with Crippen LogP contribution in [0.3, 0.4) is 0 Å². The average Bonchev–Trinajstić information content (AvgIpc) is 2.97. The van der Waals surface area contributed by atoms with E-state index in [1.807, 2.05) is 30.3 Å². The molecule has 3 rings (SSSR count). The second-order valence-corrected chi connectivity index (χ2v) is 5.64. The van der Waals surface area contributed by atoms with Crippen molar-refractivity contribution in [3.63, 3.8) is 0 Å². The number of hydrogen-bond donors (Lipinski definition) is 2. The molecule has 6 nitrogen and oxygen atoms in total. The molecule has 0 saturated heterocycles. The van der Waals surface area contributed by atoms with Crippen LogP contribution in [0.2, 0.25) is 0 Å². The summed E-state index contributed by atoms with van der Waals surface area (Å²) in [6, 6.07) is 9.38. The number of halogens is 2. The summed E-state index contributed by atoms with van der Waals surface area (Å²) in [4.78, 5) is 12.0. The first-order chi connectivity index (χ1) is 10.7. The lowest BCUT2D eigenvalue weighted by atomic mass is 10.0. The predicted octanol–water partition coefficient (Wildman–Crippen LogP) is 2.16. The Kier molecular flexibility index (Phi) is 8.18. The monoisotopic (exact) mass is 371 g/mol. The second kappa shape index (κ2) is 9.61. The van der Waals surface area contributed by atoms with E-state index < -0.39 is 0 Å². The van der Waals surface area contributed by atoms with E-state index in [1.165, 1.54) is 0 Å². The molecule has 1 atom stereocenters. The highest BCUT2D eigenvalue weighted by Gasteiger charge is 2.17. The molecule has 0 radical (unpaired) electrons. The van der Waals surface area contributed by atoms with Gasteiger partial charge in [-0.2, -0.15) is 0 Å². The molecule has 1 unspecified atom stereocenters. The van der Waals surface area contributed by atoms with Gasteiger partial charge < -0.3 is 15.6 Å². The van der Waals surface area contributed by atoms with Crippen molar-refractivity contribution in [1.29, 1.82) is 0 Å². The molecule has 2 aromatic rings. The normalized spacial score (nSPS) is 13.9. The highest BCUT2D eigenvalue weighted by molar-refractivity contribution is 5.85. The number of hydrogen-bond acceptors (Lipinski definition) is 4. The van der Waals surface area contributed by atoms with Crippen molar-refractivity contribution in [3.05, 3.63) is 47.5 Å². The first-order valence-electron chi connectivity index (χ1n) is 7.72. The quantitative estimate of drug-likeness (QED) is 0.842. The third-order valence-electron chi connectivity index (χ3n) is 4.01. The van der Waals surface area contributed by atoms with Crippen LogP contribution in [-0.4, -0.2) is 20.7 Å². The van der Waals surface area contributed by atoms with Crippen LogP contribution in [0.5, 0.6) is 0 Å². The van der Waals surface area contributed by atoms with Crippen molar-refractivity contribution in [1.82, 2.24) is 20.1 Å². The van der Waals surface area contributed by atoms with Crippen LogP contribution in [-0.2, 0) is 24.3 Å². The van der Waals surface area contributed by atoms with Crippen molar-refractivity contribution < 1.29 is 4.79 Å². The van der Waals surface area contributed by atoms with Crippen molar-refractivity contribution in [2.45, 2.75) is 44.8 Å². The highest BCUT2D eigenvalue weighted by Crippen LogP contribution is 2.15. The zero-order valence-corrected chi connectivity index (χ0v) is 15.0. The number of amides is 1. The number of rotatable bonds is 5. The van der Waals surface area contributed by atoms with Gasteiger partial charge in [-0.05, 0) is 18.4 Å². The molecule has 0 saturated carbocycles. The Balaban J connectivity index is 0.00000144. The molecule has 1 aliphatic heterocycles. The summed E-state index contributed by atoms with van der Waals surface area (Å²) < 4.78 is 2.11. The number of nitrogens with two attached hydrogens (primary N) is 1. The highest BCUT2D eigenvalue weighted by atomic mass is 35.5. The lowest BCUT2D eigenvalue weighted by molar-refractivity contribution is -0.121. The van der Waals surface area contributed by atoms with Gasteiger partial charge in [0.2, 0.25) is 5.91 Å². The Labute approximate surface area is 154 Å². The Morgan fingerprint density at radius 1 is 1.21 bits per heavy atom. The summed E-state index contributed by atoms with van der Waals surface area (Å²) in [7, 11) is 0. The number of carbonyl (C=O) groups excluding carboxylic acids is 1. The topological polar surface area (TPSA) is 85.8 Å². The predicted molar refractivity (Wildman–Crippen MR) is 97.3 cm³/mol. The van der Waals surface area contributed by atoms with Crippen LogP contribution < -0.4 is 11.1 Å². The van der Waals surface area contributed by atoms with Crippen LogP contribution in [0, 0.1) is 0 Å². The van der Waals surface area contributed by atoms with Crippen LogP contribution in [0.25, 0.3) is 0 Å². The fourth-order valence-electron chi connectivity index (χ4n) is 2.77. The van der Waals surface area contributed by atoms with Gasteiger partial charge in [-0.1, -0.05) is 30.3 Å². The number of nitrogens with zero attached hydrogens (tertiary/aromatic N) is 3. The smallest absolute Gasteiger partial charge is 0.222 e. The van der Waals surface area contributed by atoms with E-state index in [0.29, 0.717) is 6.54 Å². The van der Waals surface area contributed by atoms with Crippen molar-refractivity contribution in [2.24, 2.45) is 5.73 Å². The molecule has 0 fully saturated rings. The summed E-state index contributed by atoms with van der Waals surface area (Å²) in [6.45, 7) is 1.35. The first-order valence-corrected chi connectivity index (χ1v) is 7.72. The van der Waals surface area contributed by atoms with Crippen LogP contribution in [0.4, 0.5) is 0 Å². The number of nitrogens with one attached hydrogen (secondary N) is 1. The maximum atomic E-state index is 12.0. The first kappa shape index (κ1) is 20.4. The molecule has 2 heterocycles. The second-order valence-electron chi connectivity index (χ2n) is 5.64. The van der Waals surface area contributed by atoms with E-state index in [-0.39, 0.29) is 43.2 Å². The molecule has 0 aliphatic carbocycles. The van der Waals surface area contributed by atoms with E-state index in [9.17, 15) is 4.79 Å². The summed E-state index contributed by atoms with van der Waals surface area (Å²) in [6.07, 6.45) is 3.55. The van der Waals surface area contributed by atoms with Gasteiger partial charge in [0, 0.05) is 25.4 Å². The molecular formula is C16H23Cl2N5O. The number of benzene rings is 1. The third kappa shape index (κ3) is 4.93. The SMILES string of the molecule is Cl.Cl.NC(CC(=O)NCc1nnc2n1CCCC2)c1ccccc1. The molecular weight excluding hydrogens is 349 g/mol. The lowest BCUT2D eigenvalue weighted by Gasteiger charge is -2.15. The molecule has 0 bridgehead atoms. The minimum absolute atomic E-state index is 0. The largest absolute Gasteiger partial charge is 0.349 e. The summed E-state index contributed by atoms with van der Waals surface area (Å²) in [5.41, 5.74) is 7.03. The minimum atomic E-state index is -0.284. The van der Waals surface area contributed by atoms with E-state index in [4.69, 9.17) is 5.73 Å². The molecule has 8 heteroatoms. The van der Waals surface area contributed by atoms with Crippen molar-refractivity contribution >= 4 is 30.7 Å². The van der Waals surface area contributed by atoms with Gasteiger partial charge in [0.15, 0.2) is 5.82 Å². The van der Waals surface area contributed by atoms with Gasteiger partial charge in [0.25, 0.3) is 0 Å². The van der Waals surface area contributed by atoms with Gasteiger partial charge in [-0.3, -0.25) is 4.79 Å². The summed E-state index contributed by atoms with van der Waals surface area (Å²) in [5, 5.41) is 11.2. The van der Waals surface area contributed by atoms with Gasteiger partial charge >= 0.3 is 0 Å². The lowest BCUT2D eigenvalue weighted by Crippen LogP contribution is -2.28. The zero-order chi connectivity index (χ0) is 15.4. The molecule has 0 spiro atoms. The Morgan fingerprint density at radius 2 is 1.96 bits per heavy atom. The molecule has 132 valence electrons. The van der Waals surface area contributed by atoms with Crippen LogP contribution >= 0.6 is 24.8 Å². The molecule has 24 heavy (non-hydrogen) atoms. The van der Waals surface area contributed by atoms with Crippen LogP contribution in [0.1, 0.15) is 42.5 Å². The standard InChI is InChI=1S/C16H21N5O.2ClH/c17-13(12-6-2-1-3-7-12)10-16(22)18-11-15-20-19-14-8-4-5-9-21(14)15;;/h1-3,6-7,13H,4-5,8-11,17H2,(H,18,22);2*1H. The van der Waals surface area contributed by atoms with E-state index in [2.05, 4.69) is 20.1 Å². The minimum Gasteiger partial charge on any atom is -0.349 e. The van der Waals surface area contributed by atoms with E-state index >= 15 is 0 Å². The number of aryl methyl sites for hydroxylation is 1. The van der Waals surface area contributed by atoms with Gasteiger partial charge in [0.1, 0.15) is 5.82 Å². The Bertz CT molecular complexity index is 647. The summed E-state index contributed by atoms with van der Waals surface area (Å²) >= 11 is 0. The Morgan fingerprint density at radius 3 is 2.71 bits per heavy atom. The third-order valence-corrected chi connectivity index (χ3v) is 4.01. The number of carbonyl (C=O) groups is 1. The van der Waals surface area contributed by atoms with Gasteiger partial charge in [-0.25, -0.2) is 0 Å². The average molecular weight is 372 g/mol. The molecule has 1 aromatic carbocycles. The maximum absolute atomic E-state index is 12.0. The molecule has 1 amide bonds. The Hall–Kier alpha value is -1.63. The van der Waals surface area contributed by atoms with Crippen molar-refractivity contribution in [2.75, 3.05) is 0 Å². The number of aromatic nitrogens is 3. The maximum Gasteiger partial charge on any atom is 0.222 e. The fraction of sp³-hybridized carbons (Fsp3) is 0.438. The zero-order valence-electron chi connectivity index (χ0n) is 13.4. The molecule has 1 aliphatic rings. The number of fused-ring (bicyclic) bond motifs is 1. The molecule has 3 N–H and O–H groups in total. The summed E-state index contributed by atoms with van der Waals surface area (Å²) in [5.74, 6) is 1.79. The molecule has 1 aromatic heterocycles.